The van der Waals surface area contributed by atoms with Crippen LogP contribution in [0.3, 0.4) is 0 Å². The van der Waals surface area contributed by atoms with Crippen molar-refractivity contribution in [2.75, 3.05) is 30.5 Å². The first-order valence-electron chi connectivity index (χ1n) is 9.92. The van der Waals surface area contributed by atoms with E-state index in [-0.39, 0.29) is 11.4 Å². The molecule has 0 heterocycles. The summed E-state index contributed by atoms with van der Waals surface area (Å²) >= 11 is 0. The zero-order chi connectivity index (χ0) is 20.9. The van der Waals surface area contributed by atoms with Gasteiger partial charge >= 0.3 is 0 Å². The average molecular weight is 413 g/mol. The Labute approximate surface area is 173 Å². The Kier molecular flexibility index (Phi) is 6.90. The number of hydrogen-bond donors (Lipinski definition) is 1. The molecule has 0 saturated carbocycles. The third-order valence-electron chi connectivity index (χ3n) is 5.09. The van der Waals surface area contributed by atoms with Crippen LogP contribution < -0.4 is 4.31 Å². The van der Waals surface area contributed by atoms with E-state index in [4.69, 9.17) is 0 Å². The van der Waals surface area contributed by atoms with E-state index in [0.29, 0.717) is 12.2 Å². The van der Waals surface area contributed by atoms with Crippen LogP contribution in [0, 0.1) is 0 Å². The number of benzene rings is 3. The minimum Gasteiger partial charge on any atom is -0.390 e. The monoisotopic (exact) mass is 412 g/mol. The first-order chi connectivity index (χ1) is 14.0. The summed E-state index contributed by atoms with van der Waals surface area (Å²) in [7, 11) is -3.84. The Balaban J connectivity index is 1.97. The van der Waals surface area contributed by atoms with Gasteiger partial charge in [0.25, 0.3) is 10.0 Å². The predicted octanol–water partition coefficient (Wildman–Crippen LogP) is 3.74. The molecule has 0 amide bonds. The van der Waals surface area contributed by atoms with E-state index in [1.165, 1.54) is 4.31 Å². The standard InChI is InChI=1S/C23H28N2O3S/c1-3-24(4-2)17-22(26)18-25(21-12-6-5-7-13-21)29(27,28)23-15-14-19-10-8-9-11-20(19)16-23/h5-16,22,26H,3-4,17-18H2,1-2H3/t22-/m0/s1. The van der Waals surface area contributed by atoms with E-state index in [1.807, 2.05) is 50.2 Å². The van der Waals surface area contributed by atoms with Gasteiger partial charge in [-0.25, -0.2) is 8.42 Å². The Morgan fingerprint density at radius 3 is 2.10 bits per heavy atom. The summed E-state index contributed by atoms with van der Waals surface area (Å²) in [6.07, 6.45) is -0.801. The van der Waals surface area contributed by atoms with Crippen LogP contribution in [-0.2, 0) is 10.0 Å². The van der Waals surface area contributed by atoms with Crippen LogP contribution in [0.5, 0.6) is 0 Å². The van der Waals surface area contributed by atoms with Gasteiger partial charge in [0.2, 0.25) is 0 Å². The summed E-state index contributed by atoms with van der Waals surface area (Å²) in [5, 5.41) is 12.5. The van der Waals surface area contributed by atoms with Crippen LogP contribution in [0.1, 0.15) is 13.8 Å². The molecule has 0 saturated heterocycles. The van der Waals surface area contributed by atoms with Crippen molar-refractivity contribution in [3.05, 3.63) is 72.8 Å². The van der Waals surface area contributed by atoms with E-state index in [0.717, 1.165) is 23.9 Å². The van der Waals surface area contributed by atoms with Gasteiger partial charge in [-0.15, -0.1) is 0 Å². The second kappa shape index (κ2) is 9.39. The molecule has 6 heteroatoms. The summed E-state index contributed by atoms with van der Waals surface area (Å²) in [5.74, 6) is 0. The molecule has 0 radical (unpaired) electrons. The van der Waals surface area contributed by atoms with Gasteiger partial charge in [0.1, 0.15) is 0 Å². The smallest absolute Gasteiger partial charge is 0.264 e. The van der Waals surface area contributed by atoms with Gasteiger partial charge in [-0.3, -0.25) is 4.31 Å². The molecule has 0 unspecified atom stereocenters. The molecule has 0 spiro atoms. The number of anilines is 1. The predicted molar refractivity (Wildman–Crippen MR) is 119 cm³/mol. The molecule has 3 rings (SSSR count). The molecule has 0 aliphatic rings. The van der Waals surface area contributed by atoms with Gasteiger partial charge in [-0.2, -0.15) is 0 Å². The number of hydrogen-bond acceptors (Lipinski definition) is 4. The maximum absolute atomic E-state index is 13.5. The van der Waals surface area contributed by atoms with Gasteiger partial charge in [0.15, 0.2) is 0 Å². The number of fused-ring (bicyclic) bond motifs is 1. The van der Waals surface area contributed by atoms with Gasteiger partial charge in [0, 0.05) is 6.54 Å². The maximum atomic E-state index is 13.5. The third-order valence-corrected chi connectivity index (χ3v) is 6.88. The molecule has 154 valence electrons. The van der Waals surface area contributed by atoms with Gasteiger partial charge in [-0.05, 0) is 48.1 Å². The van der Waals surface area contributed by atoms with E-state index in [9.17, 15) is 13.5 Å². The highest BCUT2D eigenvalue weighted by molar-refractivity contribution is 7.92. The number of nitrogens with zero attached hydrogens (tertiary/aromatic N) is 2. The highest BCUT2D eigenvalue weighted by Crippen LogP contribution is 2.26. The highest BCUT2D eigenvalue weighted by atomic mass is 32.2. The maximum Gasteiger partial charge on any atom is 0.264 e. The molecule has 0 aromatic heterocycles. The lowest BCUT2D eigenvalue weighted by Crippen LogP contribution is -2.43. The lowest BCUT2D eigenvalue weighted by molar-refractivity contribution is 0.125. The van der Waals surface area contributed by atoms with Crippen molar-refractivity contribution in [2.45, 2.75) is 24.8 Å². The molecule has 0 aliphatic carbocycles. The summed E-state index contributed by atoms with van der Waals surface area (Å²) in [6.45, 7) is 6.07. The van der Waals surface area contributed by atoms with Crippen LogP contribution in [0.2, 0.25) is 0 Å². The molecule has 0 bridgehead atoms. The van der Waals surface area contributed by atoms with Crippen molar-refractivity contribution in [1.29, 1.82) is 0 Å². The minimum atomic E-state index is -3.84. The van der Waals surface area contributed by atoms with Crippen molar-refractivity contribution in [1.82, 2.24) is 4.90 Å². The molecular formula is C23H28N2O3S. The van der Waals surface area contributed by atoms with E-state index < -0.39 is 16.1 Å². The molecule has 1 N–H and O–H groups in total. The van der Waals surface area contributed by atoms with E-state index in [2.05, 4.69) is 4.90 Å². The topological polar surface area (TPSA) is 60.9 Å². The van der Waals surface area contributed by atoms with Crippen LogP contribution in [0.4, 0.5) is 5.69 Å². The fourth-order valence-electron chi connectivity index (χ4n) is 3.42. The Morgan fingerprint density at radius 1 is 0.828 bits per heavy atom. The van der Waals surface area contributed by atoms with E-state index in [1.54, 1.807) is 36.4 Å². The fourth-order valence-corrected chi connectivity index (χ4v) is 4.96. The number of rotatable bonds is 9. The normalized spacial score (nSPS) is 13.0. The van der Waals surface area contributed by atoms with Gasteiger partial charge in [0.05, 0.1) is 23.2 Å². The molecular weight excluding hydrogens is 384 g/mol. The average Bonchev–Trinajstić information content (AvgIpc) is 2.76. The summed E-state index contributed by atoms with van der Waals surface area (Å²) in [5.41, 5.74) is 0.541. The number of likely N-dealkylation sites (N-methyl/N-ethyl adjacent to an activating group) is 1. The lowest BCUT2D eigenvalue weighted by atomic mass is 10.1. The second-order valence-corrected chi connectivity index (χ2v) is 8.88. The molecule has 0 aliphatic heterocycles. The Bertz CT molecular complexity index is 1030. The van der Waals surface area contributed by atoms with Crippen LogP contribution in [0.25, 0.3) is 10.8 Å². The van der Waals surface area contributed by atoms with Gasteiger partial charge in [-0.1, -0.05) is 62.4 Å². The Hall–Kier alpha value is -2.41. The summed E-state index contributed by atoms with van der Waals surface area (Å²) < 4.78 is 28.4. The first kappa shape index (κ1) is 21.3. The largest absolute Gasteiger partial charge is 0.390 e. The van der Waals surface area contributed by atoms with Crippen LogP contribution in [-0.4, -0.2) is 50.7 Å². The fraction of sp³-hybridized carbons (Fsp3) is 0.304. The lowest BCUT2D eigenvalue weighted by Gasteiger charge is -2.29. The second-order valence-electron chi connectivity index (χ2n) is 7.02. The SMILES string of the molecule is CCN(CC)C[C@H](O)CN(c1ccccc1)S(=O)(=O)c1ccc2ccccc2c1. The van der Waals surface area contributed by atoms with Crippen molar-refractivity contribution in [3.63, 3.8) is 0 Å². The molecule has 3 aromatic rings. The third kappa shape index (κ3) is 4.96. The number of sulfonamides is 1. The molecule has 1 atom stereocenters. The molecule has 3 aromatic carbocycles. The zero-order valence-electron chi connectivity index (χ0n) is 16.9. The summed E-state index contributed by atoms with van der Waals surface area (Å²) in [6, 6.07) is 21.8. The number of para-hydroxylation sites is 1. The molecule has 29 heavy (non-hydrogen) atoms. The zero-order valence-corrected chi connectivity index (χ0v) is 17.7. The van der Waals surface area contributed by atoms with Crippen LogP contribution >= 0.6 is 0 Å². The van der Waals surface area contributed by atoms with Crippen molar-refractivity contribution in [3.8, 4) is 0 Å². The van der Waals surface area contributed by atoms with E-state index >= 15 is 0 Å². The van der Waals surface area contributed by atoms with Crippen molar-refractivity contribution in [2.24, 2.45) is 0 Å². The summed E-state index contributed by atoms with van der Waals surface area (Å²) in [4.78, 5) is 2.30. The minimum absolute atomic E-state index is 0.00429. The van der Waals surface area contributed by atoms with Crippen LogP contribution in [0.15, 0.2) is 77.7 Å². The number of aliphatic hydroxyl groups excluding tert-OH is 1. The van der Waals surface area contributed by atoms with Gasteiger partial charge < -0.3 is 10.0 Å². The van der Waals surface area contributed by atoms with Crippen molar-refractivity contribution < 1.29 is 13.5 Å². The molecule has 5 nitrogen and oxygen atoms in total. The van der Waals surface area contributed by atoms with Crippen molar-refractivity contribution >= 4 is 26.5 Å². The Morgan fingerprint density at radius 2 is 1.45 bits per heavy atom. The highest BCUT2D eigenvalue weighted by Gasteiger charge is 2.27. The first-order valence-corrected chi connectivity index (χ1v) is 11.4. The molecule has 0 fully saturated rings. The quantitative estimate of drug-likeness (QED) is 0.582. The number of aliphatic hydroxyl groups is 1.